The summed E-state index contributed by atoms with van der Waals surface area (Å²) < 4.78 is 0. The standard InChI is InChI=1S/C17H26N2OS.ClH/c1-3-5-15-12(4-2)10-16(21-15)17(20)19-13-6-7-14(19)11-18-9-8-13;/h10,13-14,18H,3-9,11H2,1-2H3;1H. The Morgan fingerprint density at radius 1 is 1.32 bits per heavy atom. The molecule has 1 N–H and O–H groups in total. The van der Waals surface area contributed by atoms with E-state index in [-0.39, 0.29) is 18.3 Å². The van der Waals surface area contributed by atoms with Crippen molar-refractivity contribution in [3.05, 3.63) is 21.4 Å². The molecule has 2 bridgehead atoms. The number of rotatable bonds is 4. The molecule has 1 amide bonds. The third-order valence-corrected chi connectivity index (χ3v) is 6.08. The predicted molar refractivity (Wildman–Crippen MR) is 95.4 cm³/mol. The average Bonchev–Trinajstić information content (AvgIpc) is 2.98. The lowest BCUT2D eigenvalue weighted by Gasteiger charge is -2.27. The Morgan fingerprint density at radius 3 is 2.82 bits per heavy atom. The Hall–Kier alpha value is -0.580. The summed E-state index contributed by atoms with van der Waals surface area (Å²) >= 11 is 1.74. The molecular weight excluding hydrogens is 316 g/mol. The number of hydrogen-bond acceptors (Lipinski definition) is 3. The van der Waals surface area contributed by atoms with E-state index < -0.39 is 0 Å². The van der Waals surface area contributed by atoms with Crippen molar-refractivity contribution >= 4 is 29.7 Å². The van der Waals surface area contributed by atoms with Crippen LogP contribution < -0.4 is 5.32 Å². The highest BCUT2D eigenvalue weighted by molar-refractivity contribution is 7.14. The van der Waals surface area contributed by atoms with Crippen LogP contribution >= 0.6 is 23.7 Å². The molecule has 3 nitrogen and oxygen atoms in total. The van der Waals surface area contributed by atoms with Crippen LogP contribution in [0.4, 0.5) is 0 Å². The van der Waals surface area contributed by atoms with Crippen LogP contribution in [0.2, 0.25) is 0 Å². The average molecular weight is 343 g/mol. The van der Waals surface area contributed by atoms with Crippen LogP contribution in [0.25, 0.3) is 0 Å². The van der Waals surface area contributed by atoms with E-state index in [1.54, 1.807) is 11.3 Å². The van der Waals surface area contributed by atoms with Crippen LogP contribution in [0.1, 0.15) is 59.6 Å². The first-order valence-corrected chi connectivity index (χ1v) is 9.21. The van der Waals surface area contributed by atoms with Crippen molar-refractivity contribution in [2.45, 2.75) is 64.5 Å². The van der Waals surface area contributed by atoms with Gasteiger partial charge in [-0.05, 0) is 50.3 Å². The van der Waals surface area contributed by atoms with Gasteiger partial charge in [-0.15, -0.1) is 23.7 Å². The number of amides is 1. The van der Waals surface area contributed by atoms with Crippen molar-refractivity contribution in [2.75, 3.05) is 13.1 Å². The Labute approximate surface area is 143 Å². The maximum Gasteiger partial charge on any atom is 0.264 e. The van der Waals surface area contributed by atoms with Crippen LogP contribution in [-0.4, -0.2) is 36.0 Å². The van der Waals surface area contributed by atoms with Gasteiger partial charge in [0.15, 0.2) is 0 Å². The third kappa shape index (κ3) is 3.34. The zero-order valence-corrected chi connectivity index (χ0v) is 15.2. The monoisotopic (exact) mass is 342 g/mol. The van der Waals surface area contributed by atoms with Gasteiger partial charge in [0, 0.05) is 23.5 Å². The Bertz CT molecular complexity index is 503. The zero-order chi connectivity index (χ0) is 14.8. The molecule has 3 rings (SSSR count). The minimum absolute atomic E-state index is 0. The van der Waals surface area contributed by atoms with E-state index in [9.17, 15) is 4.79 Å². The highest BCUT2D eigenvalue weighted by Gasteiger charge is 2.38. The van der Waals surface area contributed by atoms with E-state index in [1.165, 1.54) is 16.9 Å². The van der Waals surface area contributed by atoms with E-state index in [4.69, 9.17) is 0 Å². The second-order valence-corrected chi connectivity index (χ2v) is 7.39. The topological polar surface area (TPSA) is 32.3 Å². The molecule has 22 heavy (non-hydrogen) atoms. The number of nitrogens with zero attached hydrogens (tertiary/aromatic N) is 1. The number of thiophene rings is 1. The van der Waals surface area contributed by atoms with Crippen molar-refractivity contribution in [2.24, 2.45) is 0 Å². The SMILES string of the molecule is CCCc1sc(C(=O)N2C3CCNCC2CC3)cc1CC.Cl. The van der Waals surface area contributed by atoms with E-state index in [0.29, 0.717) is 12.1 Å². The molecule has 124 valence electrons. The fraction of sp³-hybridized carbons (Fsp3) is 0.706. The summed E-state index contributed by atoms with van der Waals surface area (Å²) in [5.74, 6) is 0.285. The largest absolute Gasteiger partial charge is 0.331 e. The lowest BCUT2D eigenvalue weighted by molar-refractivity contribution is 0.0685. The summed E-state index contributed by atoms with van der Waals surface area (Å²) in [6.07, 6.45) is 6.75. The fourth-order valence-electron chi connectivity index (χ4n) is 3.75. The number of carbonyl (C=O) groups is 1. The lowest BCUT2D eigenvalue weighted by Crippen LogP contribution is -2.42. The molecule has 2 aliphatic rings. The molecule has 2 atom stereocenters. The van der Waals surface area contributed by atoms with Gasteiger partial charge in [0.05, 0.1) is 4.88 Å². The highest BCUT2D eigenvalue weighted by atomic mass is 35.5. The normalized spacial score (nSPS) is 24.0. The zero-order valence-electron chi connectivity index (χ0n) is 13.6. The van der Waals surface area contributed by atoms with Crippen molar-refractivity contribution < 1.29 is 4.79 Å². The van der Waals surface area contributed by atoms with Crippen molar-refractivity contribution in [3.63, 3.8) is 0 Å². The molecule has 0 aliphatic carbocycles. The van der Waals surface area contributed by atoms with Gasteiger partial charge in [0.25, 0.3) is 5.91 Å². The first-order chi connectivity index (χ1) is 10.2. The van der Waals surface area contributed by atoms with Crippen LogP contribution in [0, 0.1) is 0 Å². The molecule has 0 aromatic carbocycles. The summed E-state index contributed by atoms with van der Waals surface area (Å²) in [7, 11) is 0. The molecule has 5 heteroatoms. The van der Waals surface area contributed by atoms with Gasteiger partial charge in [0.2, 0.25) is 0 Å². The first-order valence-electron chi connectivity index (χ1n) is 8.39. The van der Waals surface area contributed by atoms with Crippen LogP contribution in [0.5, 0.6) is 0 Å². The second-order valence-electron chi connectivity index (χ2n) is 6.25. The summed E-state index contributed by atoms with van der Waals surface area (Å²) in [5, 5.41) is 3.47. The Morgan fingerprint density at radius 2 is 2.09 bits per heavy atom. The van der Waals surface area contributed by atoms with Crippen molar-refractivity contribution in [1.29, 1.82) is 0 Å². The Kier molecular flexibility index (Phi) is 6.30. The summed E-state index contributed by atoms with van der Waals surface area (Å²) in [6, 6.07) is 3.03. The number of carbonyl (C=O) groups excluding carboxylic acids is 1. The maximum absolute atomic E-state index is 13.0. The molecule has 2 saturated heterocycles. The van der Waals surface area contributed by atoms with Gasteiger partial charge in [-0.1, -0.05) is 20.3 Å². The molecule has 1 aromatic heterocycles. The molecule has 2 aliphatic heterocycles. The van der Waals surface area contributed by atoms with Gasteiger partial charge < -0.3 is 10.2 Å². The maximum atomic E-state index is 13.0. The molecular formula is C17H27ClN2OS. The number of fused-ring (bicyclic) bond motifs is 2. The molecule has 0 radical (unpaired) electrons. The highest BCUT2D eigenvalue weighted by Crippen LogP contribution is 2.32. The molecule has 2 unspecified atom stereocenters. The summed E-state index contributed by atoms with van der Waals surface area (Å²) in [6.45, 7) is 6.42. The van der Waals surface area contributed by atoms with E-state index in [1.807, 2.05) is 0 Å². The summed E-state index contributed by atoms with van der Waals surface area (Å²) in [4.78, 5) is 17.6. The minimum Gasteiger partial charge on any atom is -0.331 e. The number of aryl methyl sites for hydroxylation is 2. The van der Waals surface area contributed by atoms with Gasteiger partial charge in [0.1, 0.15) is 0 Å². The smallest absolute Gasteiger partial charge is 0.264 e. The fourth-order valence-corrected chi connectivity index (χ4v) is 5.05. The van der Waals surface area contributed by atoms with Gasteiger partial charge in [-0.3, -0.25) is 4.79 Å². The number of nitrogens with one attached hydrogen (secondary N) is 1. The van der Waals surface area contributed by atoms with Crippen LogP contribution in [-0.2, 0) is 12.8 Å². The van der Waals surface area contributed by atoms with E-state index in [0.717, 1.165) is 50.1 Å². The first kappa shape index (κ1) is 17.8. The van der Waals surface area contributed by atoms with Gasteiger partial charge in [-0.25, -0.2) is 0 Å². The third-order valence-electron chi connectivity index (χ3n) is 4.85. The van der Waals surface area contributed by atoms with E-state index >= 15 is 0 Å². The summed E-state index contributed by atoms with van der Waals surface area (Å²) in [5.41, 5.74) is 1.38. The predicted octanol–water partition coefficient (Wildman–Crippen LogP) is 3.65. The van der Waals surface area contributed by atoms with Crippen molar-refractivity contribution in [1.82, 2.24) is 10.2 Å². The molecule has 3 heterocycles. The van der Waals surface area contributed by atoms with Gasteiger partial charge >= 0.3 is 0 Å². The van der Waals surface area contributed by atoms with Crippen LogP contribution in [0.3, 0.4) is 0 Å². The molecule has 0 saturated carbocycles. The van der Waals surface area contributed by atoms with Gasteiger partial charge in [-0.2, -0.15) is 0 Å². The number of halogens is 1. The molecule has 1 aromatic rings. The Balaban J connectivity index is 0.00000176. The molecule has 2 fully saturated rings. The molecule has 0 spiro atoms. The van der Waals surface area contributed by atoms with Crippen LogP contribution in [0.15, 0.2) is 6.07 Å². The van der Waals surface area contributed by atoms with Crippen molar-refractivity contribution in [3.8, 4) is 0 Å². The number of hydrogen-bond donors (Lipinski definition) is 1. The minimum atomic E-state index is 0. The van der Waals surface area contributed by atoms with E-state index in [2.05, 4.69) is 30.1 Å². The quantitative estimate of drug-likeness (QED) is 0.905. The lowest BCUT2D eigenvalue weighted by atomic mass is 10.1. The second kappa shape index (κ2) is 7.80.